The van der Waals surface area contributed by atoms with Crippen LogP contribution in [0.2, 0.25) is 0 Å². The monoisotopic (exact) mass is 282 g/mol. The average Bonchev–Trinajstić information content (AvgIpc) is 2.97. The molecule has 3 rings (SSSR count). The van der Waals surface area contributed by atoms with Gasteiger partial charge in [-0.05, 0) is 31.9 Å². The Morgan fingerprint density at radius 3 is 3.16 bits per heavy atom. The van der Waals surface area contributed by atoms with Crippen molar-refractivity contribution in [1.82, 2.24) is 9.78 Å². The molecule has 0 radical (unpaired) electrons. The lowest BCUT2D eigenvalue weighted by Crippen LogP contribution is -2.40. The van der Waals surface area contributed by atoms with E-state index in [4.69, 9.17) is 9.84 Å². The third-order valence-electron chi connectivity index (χ3n) is 4.06. The second-order valence-electron chi connectivity index (χ2n) is 5.39. The van der Waals surface area contributed by atoms with Crippen molar-refractivity contribution in [2.75, 3.05) is 18.1 Å². The fraction of sp³-hybridized carbons (Fsp3) is 0.692. The van der Waals surface area contributed by atoms with Crippen LogP contribution in [0.25, 0.3) is 0 Å². The number of ether oxygens (including phenoxy) is 1. The Bertz CT molecular complexity index is 494. The van der Waals surface area contributed by atoms with Crippen LogP contribution in [0, 0.1) is 6.92 Å². The molecule has 3 heterocycles. The van der Waals surface area contributed by atoms with Gasteiger partial charge in [0.05, 0.1) is 17.3 Å². The summed E-state index contributed by atoms with van der Waals surface area (Å²) in [5, 5.41) is 13.5. The van der Waals surface area contributed by atoms with Gasteiger partial charge in [0.2, 0.25) is 0 Å². The van der Waals surface area contributed by atoms with Gasteiger partial charge in [0.1, 0.15) is 5.56 Å². The summed E-state index contributed by atoms with van der Waals surface area (Å²) < 4.78 is 7.82. The predicted octanol–water partition coefficient (Wildman–Crippen LogP) is 2.12. The molecule has 0 saturated carbocycles. The Hall–Kier alpha value is -1.01. The molecule has 2 aliphatic heterocycles. The minimum absolute atomic E-state index is 0.00315. The maximum absolute atomic E-state index is 11.1. The number of hydrogen-bond acceptors (Lipinski definition) is 4. The summed E-state index contributed by atoms with van der Waals surface area (Å²) in [7, 11) is 0. The highest BCUT2D eigenvalue weighted by Gasteiger charge is 2.41. The summed E-state index contributed by atoms with van der Waals surface area (Å²) in [6.07, 6.45) is 4.62. The molecule has 0 aromatic carbocycles. The first-order valence-electron chi connectivity index (χ1n) is 6.60. The zero-order valence-corrected chi connectivity index (χ0v) is 11.8. The molecular weight excluding hydrogens is 264 g/mol. The van der Waals surface area contributed by atoms with E-state index in [1.165, 1.54) is 0 Å². The van der Waals surface area contributed by atoms with E-state index in [1.807, 2.05) is 16.4 Å². The number of carboxylic acids is 1. The molecule has 6 heteroatoms. The molecule has 1 N–H and O–H groups in total. The highest BCUT2D eigenvalue weighted by atomic mass is 32.2. The highest BCUT2D eigenvalue weighted by Crippen LogP contribution is 2.41. The summed E-state index contributed by atoms with van der Waals surface area (Å²) in [5.74, 6) is 1.31. The maximum atomic E-state index is 11.1. The van der Waals surface area contributed by atoms with Crippen molar-refractivity contribution in [2.45, 2.75) is 37.8 Å². The molecule has 2 fully saturated rings. The third kappa shape index (κ3) is 2.39. The topological polar surface area (TPSA) is 64.4 Å². The van der Waals surface area contributed by atoms with Crippen LogP contribution < -0.4 is 0 Å². The second kappa shape index (κ2) is 4.83. The molecule has 2 saturated heterocycles. The van der Waals surface area contributed by atoms with Gasteiger partial charge in [-0.15, -0.1) is 0 Å². The highest BCUT2D eigenvalue weighted by molar-refractivity contribution is 7.99. The van der Waals surface area contributed by atoms with Gasteiger partial charge in [0, 0.05) is 18.6 Å². The van der Waals surface area contributed by atoms with Gasteiger partial charge in [0.25, 0.3) is 0 Å². The van der Waals surface area contributed by atoms with E-state index in [2.05, 4.69) is 5.10 Å². The summed E-state index contributed by atoms with van der Waals surface area (Å²) in [4.78, 5) is 11.1. The van der Waals surface area contributed by atoms with E-state index in [-0.39, 0.29) is 11.6 Å². The standard InChI is InChI=1S/C13H18N2O3S/c1-9-11(12(16)17)7-15(14-9)10-2-4-18-13(6-10)3-5-19-8-13/h7,10H,2-6,8H2,1H3,(H,16,17). The van der Waals surface area contributed by atoms with Gasteiger partial charge in [0.15, 0.2) is 0 Å². The van der Waals surface area contributed by atoms with Gasteiger partial charge in [-0.2, -0.15) is 16.9 Å². The molecule has 1 aromatic heterocycles. The van der Waals surface area contributed by atoms with E-state index >= 15 is 0 Å². The molecule has 0 bridgehead atoms. The Labute approximate surface area is 116 Å². The molecule has 5 nitrogen and oxygen atoms in total. The molecule has 1 spiro atoms. The smallest absolute Gasteiger partial charge is 0.339 e. The van der Waals surface area contributed by atoms with Crippen molar-refractivity contribution in [1.29, 1.82) is 0 Å². The molecule has 2 atom stereocenters. The van der Waals surface area contributed by atoms with E-state index in [0.29, 0.717) is 11.3 Å². The summed E-state index contributed by atoms with van der Waals surface area (Å²) >= 11 is 1.94. The van der Waals surface area contributed by atoms with E-state index in [1.54, 1.807) is 13.1 Å². The molecule has 19 heavy (non-hydrogen) atoms. The lowest BCUT2D eigenvalue weighted by Gasteiger charge is -2.37. The van der Waals surface area contributed by atoms with Crippen molar-refractivity contribution in [2.24, 2.45) is 0 Å². The largest absolute Gasteiger partial charge is 0.478 e. The number of aromatic carboxylic acids is 1. The van der Waals surface area contributed by atoms with Crippen LogP contribution in [0.5, 0.6) is 0 Å². The quantitative estimate of drug-likeness (QED) is 0.900. The lowest BCUT2D eigenvalue weighted by molar-refractivity contribution is -0.0778. The molecule has 2 aliphatic rings. The van der Waals surface area contributed by atoms with Crippen LogP contribution in [-0.4, -0.2) is 44.6 Å². The van der Waals surface area contributed by atoms with Crippen LogP contribution in [0.4, 0.5) is 0 Å². The van der Waals surface area contributed by atoms with Crippen molar-refractivity contribution in [3.8, 4) is 0 Å². The maximum Gasteiger partial charge on any atom is 0.339 e. The molecule has 1 aromatic rings. The fourth-order valence-electron chi connectivity index (χ4n) is 2.97. The normalized spacial score (nSPS) is 30.9. The third-order valence-corrected chi connectivity index (χ3v) is 5.28. The SMILES string of the molecule is Cc1nn(C2CCOC3(CCSC3)C2)cc1C(=O)O. The van der Waals surface area contributed by atoms with Crippen LogP contribution >= 0.6 is 11.8 Å². The number of rotatable bonds is 2. The van der Waals surface area contributed by atoms with Gasteiger partial charge in [-0.3, -0.25) is 4.68 Å². The zero-order valence-electron chi connectivity index (χ0n) is 11.0. The number of thioether (sulfide) groups is 1. The number of hydrogen-bond donors (Lipinski definition) is 1. The first-order chi connectivity index (χ1) is 9.10. The van der Waals surface area contributed by atoms with Gasteiger partial charge in [-0.25, -0.2) is 4.79 Å². The van der Waals surface area contributed by atoms with Crippen molar-refractivity contribution >= 4 is 17.7 Å². The molecule has 0 aliphatic carbocycles. The number of aryl methyl sites for hydroxylation is 1. The van der Waals surface area contributed by atoms with E-state index in [0.717, 1.165) is 37.4 Å². The Morgan fingerprint density at radius 1 is 1.68 bits per heavy atom. The van der Waals surface area contributed by atoms with Crippen molar-refractivity contribution < 1.29 is 14.6 Å². The van der Waals surface area contributed by atoms with E-state index < -0.39 is 5.97 Å². The minimum atomic E-state index is -0.901. The van der Waals surface area contributed by atoms with Crippen LogP contribution in [0.3, 0.4) is 0 Å². The lowest BCUT2D eigenvalue weighted by atomic mass is 9.90. The predicted molar refractivity (Wildman–Crippen MR) is 72.8 cm³/mol. The number of carbonyl (C=O) groups is 1. The fourth-order valence-corrected chi connectivity index (χ4v) is 4.35. The number of carboxylic acid groups (broad SMARTS) is 1. The van der Waals surface area contributed by atoms with Gasteiger partial charge in [-0.1, -0.05) is 0 Å². The first kappa shape index (κ1) is 13.0. The Balaban J connectivity index is 1.82. The minimum Gasteiger partial charge on any atom is -0.478 e. The number of aromatic nitrogens is 2. The molecule has 0 amide bonds. The Morgan fingerprint density at radius 2 is 2.53 bits per heavy atom. The second-order valence-corrected chi connectivity index (χ2v) is 6.50. The van der Waals surface area contributed by atoms with Crippen LogP contribution in [-0.2, 0) is 4.74 Å². The summed E-state index contributed by atoms with van der Waals surface area (Å²) in [5.41, 5.74) is 0.895. The first-order valence-corrected chi connectivity index (χ1v) is 7.76. The van der Waals surface area contributed by atoms with Crippen LogP contribution in [0.15, 0.2) is 6.20 Å². The summed E-state index contributed by atoms with van der Waals surface area (Å²) in [6.45, 7) is 2.49. The van der Waals surface area contributed by atoms with Crippen molar-refractivity contribution in [3.05, 3.63) is 17.5 Å². The molecule has 104 valence electrons. The average molecular weight is 282 g/mol. The Kier molecular flexibility index (Phi) is 3.30. The number of nitrogens with zero attached hydrogens (tertiary/aromatic N) is 2. The van der Waals surface area contributed by atoms with Gasteiger partial charge < -0.3 is 9.84 Å². The van der Waals surface area contributed by atoms with Crippen molar-refractivity contribution in [3.63, 3.8) is 0 Å². The zero-order chi connectivity index (χ0) is 13.5. The molecule has 2 unspecified atom stereocenters. The van der Waals surface area contributed by atoms with E-state index in [9.17, 15) is 4.79 Å². The summed E-state index contributed by atoms with van der Waals surface area (Å²) in [6, 6.07) is 0.263. The molecular formula is C13H18N2O3S. The van der Waals surface area contributed by atoms with Gasteiger partial charge >= 0.3 is 5.97 Å². The van der Waals surface area contributed by atoms with Crippen LogP contribution in [0.1, 0.15) is 41.4 Å².